The summed E-state index contributed by atoms with van der Waals surface area (Å²) >= 11 is 0. The van der Waals surface area contributed by atoms with Crippen molar-refractivity contribution in [2.75, 3.05) is 28.4 Å². The zero-order chi connectivity index (χ0) is 24.8. The Bertz CT molecular complexity index is 1320. The van der Waals surface area contributed by atoms with Crippen molar-refractivity contribution in [2.45, 2.75) is 20.8 Å². The second kappa shape index (κ2) is 10.6. The summed E-state index contributed by atoms with van der Waals surface area (Å²) in [5.41, 5.74) is 6.23. The van der Waals surface area contributed by atoms with Gasteiger partial charge in [0.25, 0.3) is 0 Å². The maximum absolute atomic E-state index is 12.3. The van der Waals surface area contributed by atoms with Crippen LogP contribution in [0.3, 0.4) is 0 Å². The van der Waals surface area contributed by atoms with Crippen LogP contribution in [-0.4, -0.2) is 23.1 Å². The van der Waals surface area contributed by atoms with Crippen molar-refractivity contribution in [1.82, 2.24) is 9.97 Å². The van der Waals surface area contributed by atoms with E-state index in [4.69, 9.17) is 4.74 Å². The summed E-state index contributed by atoms with van der Waals surface area (Å²) in [6.07, 6.45) is 0. The molecule has 3 aromatic carbocycles. The second-order valence-electron chi connectivity index (χ2n) is 8.15. The predicted molar refractivity (Wildman–Crippen MR) is 141 cm³/mol. The Labute approximate surface area is 204 Å². The summed E-state index contributed by atoms with van der Waals surface area (Å²) in [5, 5.41) is 12.2. The summed E-state index contributed by atoms with van der Waals surface area (Å²) in [6.45, 7) is 5.96. The molecular weight excluding hydrogens is 440 g/mol. The zero-order valence-electron chi connectivity index (χ0n) is 20.1. The molecule has 0 aliphatic carbocycles. The fourth-order valence-corrected chi connectivity index (χ4v) is 3.39. The summed E-state index contributed by atoms with van der Waals surface area (Å²) in [4.78, 5) is 21.4. The molecule has 0 atom stereocenters. The van der Waals surface area contributed by atoms with Crippen LogP contribution in [0.4, 0.5) is 39.3 Å². The average molecular weight is 469 g/mol. The normalized spacial score (nSPS) is 10.4. The molecular formula is C27H28N6O2. The summed E-state index contributed by atoms with van der Waals surface area (Å²) < 4.78 is 5.20. The minimum Gasteiger partial charge on any atom is -0.497 e. The van der Waals surface area contributed by atoms with Crippen molar-refractivity contribution in [3.63, 3.8) is 0 Å². The first kappa shape index (κ1) is 23.6. The van der Waals surface area contributed by atoms with Crippen molar-refractivity contribution in [1.29, 1.82) is 0 Å². The van der Waals surface area contributed by atoms with Gasteiger partial charge in [-0.2, -0.15) is 4.98 Å². The van der Waals surface area contributed by atoms with Gasteiger partial charge in [-0.15, -0.1) is 0 Å². The average Bonchev–Trinajstić information content (AvgIpc) is 2.83. The third-order valence-corrected chi connectivity index (χ3v) is 5.38. The number of aromatic nitrogens is 2. The molecule has 0 aliphatic rings. The molecule has 0 saturated heterocycles. The number of rotatable bonds is 7. The van der Waals surface area contributed by atoms with E-state index >= 15 is 0 Å². The van der Waals surface area contributed by atoms with Gasteiger partial charge in [0.1, 0.15) is 11.6 Å². The Balaban J connectivity index is 1.37. The van der Waals surface area contributed by atoms with E-state index in [-0.39, 0.29) is 6.03 Å². The van der Waals surface area contributed by atoms with Crippen LogP contribution in [-0.2, 0) is 0 Å². The highest BCUT2D eigenvalue weighted by Gasteiger charge is 2.06. The largest absolute Gasteiger partial charge is 0.497 e. The highest BCUT2D eigenvalue weighted by atomic mass is 16.5. The topological polar surface area (TPSA) is 100 Å². The van der Waals surface area contributed by atoms with E-state index in [1.165, 1.54) is 5.56 Å². The summed E-state index contributed by atoms with van der Waals surface area (Å²) in [6, 6.07) is 22.3. The lowest BCUT2D eigenvalue weighted by Gasteiger charge is -2.12. The van der Waals surface area contributed by atoms with Gasteiger partial charge in [0, 0.05) is 34.5 Å². The van der Waals surface area contributed by atoms with E-state index in [0.717, 1.165) is 34.1 Å². The number of anilines is 6. The van der Waals surface area contributed by atoms with Gasteiger partial charge in [-0.05, 0) is 92.6 Å². The van der Waals surface area contributed by atoms with Crippen LogP contribution in [0.5, 0.6) is 5.75 Å². The lowest BCUT2D eigenvalue weighted by atomic mass is 10.1. The molecule has 2 amide bonds. The van der Waals surface area contributed by atoms with E-state index in [2.05, 4.69) is 31.2 Å². The SMILES string of the molecule is COc1ccc(Nc2cc(C)nc(Nc3ccc(NC(=O)Nc4ccc(C)c(C)c4)cc3)n2)cc1. The number of methoxy groups -OCH3 is 1. The molecule has 4 rings (SSSR count). The first-order valence-electron chi connectivity index (χ1n) is 11.2. The number of nitrogens with zero attached hydrogens (tertiary/aromatic N) is 2. The number of nitrogens with one attached hydrogen (secondary N) is 4. The van der Waals surface area contributed by atoms with Gasteiger partial charge in [-0.1, -0.05) is 6.07 Å². The Morgan fingerprint density at radius 2 is 1.29 bits per heavy atom. The lowest BCUT2D eigenvalue weighted by molar-refractivity contribution is 0.262. The van der Waals surface area contributed by atoms with Crippen LogP contribution in [0.1, 0.15) is 16.8 Å². The number of benzene rings is 3. The summed E-state index contributed by atoms with van der Waals surface area (Å²) in [7, 11) is 1.64. The van der Waals surface area contributed by atoms with E-state index in [1.807, 2.05) is 93.6 Å². The molecule has 8 nitrogen and oxygen atoms in total. The lowest BCUT2D eigenvalue weighted by Crippen LogP contribution is -2.19. The molecule has 0 radical (unpaired) electrons. The number of aryl methyl sites for hydroxylation is 3. The zero-order valence-corrected chi connectivity index (χ0v) is 20.1. The quantitative estimate of drug-likeness (QED) is 0.246. The molecule has 0 bridgehead atoms. The maximum Gasteiger partial charge on any atom is 0.323 e. The number of carbonyl (C=O) groups is 1. The third kappa shape index (κ3) is 6.48. The minimum absolute atomic E-state index is 0.301. The molecule has 0 saturated carbocycles. The molecule has 4 N–H and O–H groups in total. The van der Waals surface area contributed by atoms with Crippen molar-refractivity contribution >= 4 is 40.5 Å². The molecule has 0 fully saturated rings. The van der Waals surface area contributed by atoms with Crippen molar-refractivity contribution in [3.05, 3.63) is 89.6 Å². The first-order valence-corrected chi connectivity index (χ1v) is 11.2. The molecule has 4 aromatic rings. The van der Waals surface area contributed by atoms with Gasteiger partial charge < -0.3 is 26.0 Å². The fourth-order valence-electron chi connectivity index (χ4n) is 3.39. The molecule has 8 heteroatoms. The molecule has 1 heterocycles. The first-order chi connectivity index (χ1) is 16.9. The number of hydrogen-bond acceptors (Lipinski definition) is 6. The molecule has 35 heavy (non-hydrogen) atoms. The molecule has 0 unspecified atom stereocenters. The third-order valence-electron chi connectivity index (χ3n) is 5.38. The van der Waals surface area contributed by atoms with Gasteiger partial charge in [0.15, 0.2) is 0 Å². The Morgan fingerprint density at radius 3 is 1.97 bits per heavy atom. The van der Waals surface area contributed by atoms with Gasteiger partial charge >= 0.3 is 6.03 Å². The number of carbonyl (C=O) groups excluding carboxylic acids is 1. The smallest absolute Gasteiger partial charge is 0.323 e. The number of amides is 2. The maximum atomic E-state index is 12.3. The van der Waals surface area contributed by atoms with Crippen LogP contribution in [0.15, 0.2) is 72.8 Å². The van der Waals surface area contributed by atoms with Crippen molar-refractivity contribution < 1.29 is 9.53 Å². The minimum atomic E-state index is -0.301. The van der Waals surface area contributed by atoms with Gasteiger partial charge in [0.2, 0.25) is 5.95 Å². The number of urea groups is 1. The van der Waals surface area contributed by atoms with Crippen molar-refractivity contribution in [2.24, 2.45) is 0 Å². The fraction of sp³-hybridized carbons (Fsp3) is 0.148. The summed E-state index contributed by atoms with van der Waals surface area (Å²) in [5.74, 6) is 1.93. The Morgan fingerprint density at radius 1 is 0.686 bits per heavy atom. The van der Waals surface area contributed by atoms with Gasteiger partial charge in [-0.25, -0.2) is 9.78 Å². The molecule has 178 valence electrons. The molecule has 1 aromatic heterocycles. The Hall–Kier alpha value is -4.59. The van der Waals surface area contributed by atoms with Gasteiger partial charge in [0.05, 0.1) is 7.11 Å². The number of hydrogen-bond donors (Lipinski definition) is 4. The molecule has 0 spiro atoms. The standard InChI is InChI=1S/C27H28N6O2/c1-17-5-6-23(15-18(17)2)32-27(34)31-22-9-7-21(8-10-22)30-26-28-19(3)16-25(33-26)29-20-11-13-24(35-4)14-12-20/h5-16H,1-4H3,(H2,31,32,34)(H2,28,29,30,33). The van der Waals surface area contributed by atoms with Crippen LogP contribution < -0.4 is 26.0 Å². The van der Waals surface area contributed by atoms with E-state index in [0.29, 0.717) is 17.5 Å². The van der Waals surface area contributed by atoms with Crippen molar-refractivity contribution in [3.8, 4) is 5.75 Å². The van der Waals surface area contributed by atoms with Crippen LogP contribution >= 0.6 is 0 Å². The highest BCUT2D eigenvalue weighted by Crippen LogP contribution is 2.22. The highest BCUT2D eigenvalue weighted by molar-refractivity contribution is 5.99. The van der Waals surface area contributed by atoms with Crippen LogP contribution in [0.2, 0.25) is 0 Å². The second-order valence-corrected chi connectivity index (χ2v) is 8.15. The van der Waals surface area contributed by atoms with E-state index in [9.17, 15) is 4.79 Å². The Kier molecular flexibility index (Phi) is 7.11. The van der Waals surface area contributed by atoms with Crippen LogP contribution in [0, 0.1) is 20.8 Å². The van der Waals surface area contributed by atoms with Gasteiger partial charge in [-0.3, -0.25) is 0 Å². The molecule has 0 aliphatic heterocycles. The predicted octanol–water partition coefficient (Wildman–Crippen LogP) is 6.54. The van der Waals surface area contributed by atoms with E-state index < -0.39 is 0 Å². The van der Waals surface area contributed by atoms with Crippen LogP contribution in [0.25, 0.3) is 0 Å². The van der Waals surface area contributed by atoms with E-state index in [1.54, 1.807) is 7.11 Å². The number of ether oxygens (including phenoxy) is 1. The monoisotopic (exact) mass is 468 g/mol.